The van der Waals surface area contributed by atoms with Crippen LogP contribution in [0.4, 0.5) is 0 Å². The lowest BCUT2D eigenvalue weighted by Crippen LogP contribution is -2.01. The Hall–Kier alpha value is -7.64. The Kier molecular flexibility index (Phi) is 7.03. The molecule has 11 aromatic rings. The summed E-state index contributed by atoms with van der Waals surface area (Å²) < 4.78 is 6.46. The Labute approximate surface area is 314 Å². The molecular formula is C48H28N6O. The van der Waals surface area contributed by atoms with Crippen LogP contribution in [0.5, 0.6) is 0 Å². The third-order valence-electron chi connectivity index (χ3n) is 10.2. The molecule has 0 fully saturated rings. The molecule has 4 aromatic heterocycles. The predicted molar refractivity (Wildman–Crippen MR) is 220 cm³/mol. The molecule has 0 radical (unpaired) electrons. The van der Waals surface area contributed by atoms with Crippen LogP contribution in [0.25, 0.3) is 111 Å². The second kappa shape index (κ2) is 12.5. The molecule has 55 heavy (non-hydrogen) atoms. The van der Waals surface area contributed by atoms with E-state index in [0.29, 0.717) is 23.1 Å². The van der Waals surface area contributed by atoms with Crippen LogP contribution in [0.3, 0.4) is 0 Å². The Morgan fingerprint density at radius 2 is 1.13 bits per heavy atom. The molecule has 256 valence electrons. The number of nitrogens with zero attached hydrogens (tertiary/aromatic N) is 6. The normalized spacial score (nSPS) is 11.6. The molecule has 0 unspecified atom stereocenters. The van der Waals surface area contributed by atoms with Crippen LogP contribution in [0.1, 0.15) is 0 Å². The van der Waals surface area contributed by atoms with Gasteiger partial charge in [-0.25, -0.2) is 24.9 Å². The van der Waals surface area contributed by atoms with Crippen molar-refractivity contribution in [2.75, 3.05) is 0 Å². The summed E-state index contributed by atoms with van der Waals surface area (Å²) in [6.45, 7) is 0. The van der Waals surface area contributed by atoms with E-state index in [1.165, 1.54) is 0 Å². The van der Waals surface area contributed by atoms with Gasteiger partial charge in [0.2, 0.25) is 0 Å². The van der Waals surface area contributed by atoms with E-state index in [0.717, 1.165) is 88.1 Å². The standard InChI is InChI=1S/C48H28N6O/c1-2-10-29(11-3-1)38-26-35(24-34-14-6-7-15-36(34)38)46-52-45(31-21-19-30(20-22-31)41-28-50-40-17-9-23-49-48(40)51-41)53-47(54-46)37-16-8-18-42-44(37)39-25-32-12-4-5-13-33(32)27-43(39)55-42/h1-28H. The smallest absolute Gasteiger partial charge is 0.178 e. The van der Waals surface area contributed by atoms with Crippen LogP contribution >= 0.6 is 0 Å². The van der Waals surface area contributed by atoms with Gasteiger partial charge in [-0.05, 0) is 75.1 Å². The van der Waals surface area contributed by atoms with Crippen molar-refractivity contribution in [2.45, 2.75) is 0 Å². The molecule has 0 aliphatic carbocycles. The quantitative estimate of drug-likeness (QED) is 0.176. The number of furan rings is 1. The van der Waals surface area contributed by atoms with Crippen molar-refractivity contribution in [1.82, 2.24) is 29.9 Å². The van der Waals surface area contributed by atoms with Crippen molar-refractivity contribution in [3.63, 3.8) is 0 Å². The van der Waals surface area contributed by atoms with Gasteiger partial charge >= 0.3 is 0 Å². The molecule has 7 heteroatoms. The van der Waals surface area contributed by atoms with Gasteiger partial charge in [-0.2, -0.15) is 0 Å². The monoisotopic (exact) mass is 704 g/mol. The van der Waals surface area contributed by atoms with Crippen LogP contribution in [0, 0.1) is 0 Å². The number of rotatable bonds is 5. The van der Waals surface area contributed by atoms with Crippen LogP contribution < -0.4 is 0 Å². The molecule has 7 nitrogen and oxygen atoms in total. The first-order chi connectivity index (χ1) is 27.2. The molecule has 0 bridgehead atoms. The van der Waals surface area contributed by atoms with E-state index in [4.69, 9.17) is 24.4 Å². The fourth-order valence-electron chi connectivity index (χ4n) is 7.53. The largest absolute Gasteiger partial charge is 0.456 e. The Morgan fingerprint density at radius 3 is 1.98 bits per heavy atom. The number of aromatic nitrogens is 6. The average molecular weight is 705 g/mol. The molecule has 0 aliphatic heterocycles. The first-order valence-corrected chi connectivity index (χ1v) is 18.1. The van der Waals surface area contributed by atoms with E-state index in [9.17, 15) is 0 Å². The number of benzene rings is 7. The maximum atomic E-state index is 6.46. The van der Waals surface area contributed by atoms with Gasteiger partial charge in [0.25, 0.3) is 0 Å². The molecule has 0 saturated carbocycles. The van der Waals surface area contributed by atoms with E-state index in [2.05, 4.69) is 107 Å². The fraction of sp³-hybridized carbons (Fsp3) is 0. The van der Waals surface area contributed by atoms with E-state index in [1.807, 2.05) is 60.7 Å². The molecule has 0 saturated heterocycles. The molecule has 0 atom stereocenters. The minimum absolute atomic E-state index is 0.558. The summed E-state index contributed by atoms with van der Waals surface area (Å²) in [5, 5.41) is 6.51. The first kappa shape index (κ1) is 30.9. The summed E-state index contributed by atoms with van der Waals surface area (Å²) in [4.78, 5) is 29.3. The van der Waals surface area contributed by atoms with Crippen molar-refractivity contribution in [2.24, 2.45) is 0 Å². The molecular weight excluding hydrogens is 677 g/mol. The highest BCUT2D eigenvalue weighted by molar-refractivity contribution is 6.15. The maximum absolute atomic E-state index is 6.46. The van der Waals surface area contributed by atoms with E-state index < -0.39 is 0 Å². The molecule has 0 spiro atoms. The number of pyridine rings is 1. The van der Waals surface area contributed by atoms with E-state index >= 15 is 0 Å². The molecule has 4 heterocycles. The Balaban J connectivity index is 1.12. The first-order valence-electron chi connectivity index (χ1n) is 18.1. The van der Waals surface area contributed by atoms with Gasteiger partial charge in [0, 0.05) is 39.2 Å². The van der Waals surface area contributed by atoms with Crippen LogP contribution in [-0.2, 0) is 0 Å². The predicted octanol–water partition coefficient (Wildman–Crippen LogP) is 11.8. The summed E-state index contributed by atoms with van der Waals surface area (Å²) in [5.74, 6) is 1.70. The highest BCUT2D eigenvalue weighted by Crippen LogP contribution is 2.39. The second-order valence-corrected chi connectivity index (χ2v) is 13.6. The van der Waals surface area contributed by atoms with Crippen molar-refractivity contribution in [3.8, 4) is 56.5 Å². The van der Waals surface area contributed by atoms with Crippen molar-refractivity contribution < 1.29 is 4.42 Å². The number of hydrogen-bond donors (Lipinski definition) is 0. The average Bonchev–Trinajstić information content (AvgIpc) is 3.62. The molecule has 11 rings (SSSR count). The summed E-state index contributed by atoms with van der Waals surface area (Å²) in [7, 11) is 0. The summed E-state index contributed by atoms with van der Waals surface area (Å²) in [6.07, 6.45) is 3.51. The molecule has 0 N–H and O–H groups in total. The maximum Gasteiger partial charge on any atom is 0.178 e. The van der Waals surface area contributed by atoms with Crippen molar-refractivity contribution in [1.29, 1.82) is 0 Å². The van der Waals surface area contributed by atoms with E-state index in [1.54, 1.807) is 12.4 Å². The molecule has 0 amide bonds. The summed E-state index contributed by atoms with van der Waals surface area (Å²) in [5.41, 5.74) is 9.47. The van der Waals surface area contributed by atoms with Crippen LogP contribution in [-0.4, -0.2) is 29.9 Å². The minimum atomic E-state index is 0.558. The van der Waals surface area contributed by atoms with Gasteiger partial charge in [0.1, 0.15) is 16.7 Å². The van der Waals surface area contributed by atoms with Gasteiger partial charge in [0.05, 0.1) is 11.9 Å². The second-order valence-electron chi connectivity index (χ2n) is 13.6. The molecule has 7 aromatic carbocycles. The summed E-state index contributed by atoms with van der Waals surface area (Å²) >= 11 is 0. The topological polar surface area (TPSA) is 90.5 Å². The van der Waals surface area contributed by atoms with Crippen molar-refractivity contribution >= 4 is 54.6 Å². The zero-order chi connectivity index (χ0) is 36.3. The lowest BCUT2D eigenvalue weighted by atomic mass is 9.95. The third-order valence-corrected chi connectivity index (χ3v) is 10.2. The number of fused-ring (bicyclic) bond motifs is 6. The molecule has 0 aliphatic rings. The van der Waals surface area contributed by atoms with E-state index in [-0.39, 0.29) is 0 Å². The SMILES string of the molecule is c1ccc(-c2cc(-c3nc(-c4ccc(-c5cnc6cccnc6n5)cc4)nc(-c4cccc5oc6cc7ccccc7cc6c45)n3)cc3ccccc23)cc1. The van der Waals surface area contributed by atoms with Crippen LogP contribution in [0.2, 0.25) is 0 Å². The van der Waals surface area contributed by atoms with Gasteiger partial charge in [-0.1, -0.05) is 115 Å². The highest BCUT2D eigenvalue weighted by atomic mass is 16.3. The number of hydrogen-bond acceptors (Lipinski definition) is 7. The zero-order valence-corrected chi connectivity index (χ0v) is 29.3. The van der Waals surface area contributed by atoms with Crippen molar-refractivity contribution in [3.05, 3.63) is 170 Å². The Bertz CT molecular complexity index is 3270. The highest BCUT2D eigenvalue weighted by Gasteiger charge is 2.19. The van der Waals surface area contributed by atoms with Gasteiger partial charge < -0.3 is 4.42 Å². The van der Waals surface area contributed by atoms with Gasteiger partial charge in [-0.15, -0.1) is 0 Å². The minimum Gasteiger partial charge on any atom is -0.456 e. The Morgan fingerprint density at radius 1 is 0.400 bits per heavy atom. The lowest BCUT2D eigenvalue weighted by Gasteiger charge is -2.13. The lowest BCUT2D eigenvalue weighted by molar-refractivity contribution is 0.669. The third kappa shape index (κ3) is 5.37. The van der Waals surface area contributed by atoms with Gasteiger partial charge in [-0.3, -0.25) is 4.98 Å². The van der Waals surface area contributed by atoms with Crippen LogP contribution in [0.15, 0.2) is 175 Å². The summed E-state index contributed by atoms with van der Waals surface area (Å²) in [6, 6.07) is 53.9. The fourth-order valence-corrected chi connectivity index (χ4v) is 7.53. The van der Waals surface area contributed by atoms with Gasteiger partial charge in [0.15, 0.2) is 23.1 Å². The zero-order valence-electron chi connectivity index (χ0n) is 29.3.